The Morgan fingerprint density at radius 1 is 1.08 bits per heavy atom. The summed E-state index contributed by atoms with van der Waals surface area (Å²) in [6, 6.07) is 11.3. The Bertz CT molecular complexity index is 691. The van der Waals surface area contributed by atoms with Gasteiger partial charge in [-0.25, -0.2) is 0 Å². The summed E-state index contributed by atoms with van der Waals surface area (Å²) in [5, 5.41) is 0. The summed E-state index contributed by atoms with van der Waals surface area (Å²) in [6.07, 6.45) is 4.65. The van der Waals surface area contributed by atoms with Gasteiger partial charge in [-0.15, -0.1) is 0 Å². The minimum atomic E-state index is 0.0315. The van der Waals surface area contributed by atoms with Crippen LogP contribution in [-0.2, 0) is 11.3 Å². The van der Waals surface area contributed by atoms with E-state index in [1.165, 1.54) is 5.56 Å². The molecule has 0 spiro atoms. The van der Waals surface area contributed by atoms with Crippen molar-refractivity contribution in [1.82, 2.24) is 14.8 Å². The van der Waals surface area contributed by atoms with Crippen molar-refractivity contribution < 1.29 is 14.3 Å². The molecule has 2 heterocycles. The van der Waals surface area contributed by atoms with Crippen molar-refractivity contribution in [3.63, 3.8) is 0 Å². The monoisotopic (exact) mass is 355 g/mol. The van der Waals surface area contributed by atoms with Gasteiger partial charge in [-0.1, -0.05) is 6.07 Å². The Balaban J connectivity index is 1.46. The molecule has 6 nitrogen and oxygen atoms in total. The Morgan fingerprint density at radius 3 is 2.62 bits per heavy atom. The number of ether oxygens (including phenoxy) is 2. The molecule has 2 aromatic rings. The van der Waals surface area contributed by atoms with E-state index in [1.54, 1.807) is 13.3 Å². The molecule has 6 heteroatoms. The summed E-state index contributed by atoms with van der Waals surface area (Å²) >= 11 is 0. The molecule has 0 aliphatic carbocycles. The molecule has 1 aliphatic heterocycles. The first-order chi connectivity index (χ1) is 12.7. The van der Waals surface area contributed by atoms with E-state index in [-0.39, 0.29) is 12.5 Å². The normalized spacial score (nSPS) is 15.3. The Morgan fingerprint density at radius 2 is 1.88 bits per heavy atom. The van der Waals surface area contributed by atoms with Crippen LogP contribution in [0.2, 0.25) is 0 Å². The molecule has 1 aliphatic rings. The first-order valence-corrected chi connectivity index (χ1v) is 8.90. The van der Waals surface area contributed by atoms with Crippen LogP contribution in [0.25, 0.3) is 0 Å². The van der Waals surface area contributed by atoms with E-state index in [1.807, 2.05) is 41.4 Å². The molecule has 26 heavy (non-hydrogen) atoms. The fraction of sp³-hybridized carbons (Fsp3) is 0.400. The first-order valence-electron chi connectivity index (χ1n) is 8.90. The number of methoxy groups -OCH3 is 1. The molecule has 1 amide bonds. The number of benzene rings is 1. The molecule has 0 bridgehead atoms. The van der Waals surface area contributed by atoms with Gasteiger partial charge in [0.25, 0.3) is 5.91 Å². The van der Waals surface area contributed by atoms with Crippen molar-refractivity contribution in [1.29, 1.82) is 0 Å². The lowest BCUT2D eigenvalue weighted by atomic mass is 10.2. The molecular formula is C20H25N3O3. The van der Waals surface area contributed by atoms with Gasteiger partial charge in [0.05, 0.1) is 7.11 Å². The third-order valence-electron chi connectivity index (χ3n) is 4.49. The topological polar surface area (TPSA) is 54.9 Å². The average Bonchev–Trinajstić information content (AvgIpc) is 2.93. The molecule has 1 aromatic carbocycles. The van der Waals surface area contributed by atoms with Crippen molar-refractivity contribution in [3.05, 3.63) is 54.4 Å². The van der Waals surface area contributed by atoms with Crippen molar-refractivity contribution in [3.8, 4) is 11.5 Å². The molecule has 0 N–H and O–H groups in total. The minimum absolute atomic E-state index is 0.0315. The number of hydrogen-bond donors (Lipinski definition) is 0. The zero-order valence-electron chi connectivity index (χ0n) is 15.1. The molecule has 0 saturated carbocycles. The number of carbonyl (C=O) groups excluding carboxylic acids is 1. The largest absolute Gasteiger partial charge is 0.497 e. The maximum atomic E-state index is 12.5. The lowest BCUT2D eigenvalue weighted by molar-refractivity contribution is -0.133. The van der Waals surface area contributed by atoms with E-state index >= 15 is 0 Å². The number of amides is 1. The number of nitrogens with zero attached hydrogens (tertiary/aromatic N) is 3. The van der Waals surface area contributed by atoms with Crippen LogP contribution in [0.15, 0.2) is 48.8 Å². The van der Waals surface area contributed by atoms with Gasteiger partial charge < -0.3 is 14.4 Å². The predicted octanol–water partition coefficient (Wildman–Crippen LogP) is 2.20. The number of aromatic nitrogens is 1. The second-order valence-corrected chi connectivity index (χ2v) is 6.34. The third-order valence-corrected chi connectivity index (χ3v) is 4.49. The Hall–Kier alpha value is -2.60. The molecular weight excluding hydrogens is 330 g/mol. The quantitative estimate of drug-likeness (QED) is 0.795. The predicted molar refractivity (Wildman–Crippen MR) is 99.2 cm³/mol. The lowest BCUT2D eigenvalue weighted by Gasteiger charge is -2.22. The van der Waals surface area contributed by atoms with Crippen LogP contribution in [0, 0.1) is 0 Å². The molecule has 1 fully saturated rings. The highest BCUT2D eigenvalue weighted by molar-refractivity contribution is 5.77. The van der Waals surface area contributed by atoms with E-state index < -0.39 is 0 Å². The molecule has 1 saturated heterocycles. The van der Waals surface area contributed by atoms with Crippen molar-refractivity contribution in [2.24, 2.45) is 0 Å². The van der Waals surface area contributed by atoms with E-state index in [9.17, 15) is 4.79 Å². The average molecular weight is 355 g/mol. The van der Waals surface area contributed by atoms with Crippen molar-refractivity contribution in [2.45, 2.75) is 13.0 Å². The molecule has 1 aromatic heterocycles. The van der Waals surface area contributed by atoms with Gasteiger partial charge in [0.2, 0.25) is 0 Å². The van der Waals surface area contributed by atoms with Gasteiger partial charge in [-0.2, -0.15) is 0 Å². The highest BCUT2D eigenvalue weighted by Crippen LogP contribution is 2.17. The molecule has 138 valence electrons. The Labute approximate surface area is 154 Å². The zero-order valence-corrected chi connectivity index (χ0v) is 15.1. The standard InChI is InChI=1S/C20H25N3O3/c1-25-18-5-7-19(8-6-18)26-16-20(24)23-11-3-10-22(12-13-23)15-17-4-2-9-21-14-17/h2,4-9,14H,3,10-13,15-16H2,1H3. The second kappa shape index (κ2) is 9.20. The van der Waals surface area contributed by atoms with Crippen LogP contribution in [-0.4, -0.2) is 60.6 Å². The van der Waals surface area contributed by atoms with Gasteiger partial charge in [-0.3, -0.25) is 14.7 Å². The van der Waals surface area contributed by atoms with Crippen LogP contribution in [0.4, 0.5) is 0 Å². The van der Waals surface area contributed by atoms with E-state index in [4.69, 9.17) is 9.47 Å². The van der Waals surface area contributed by atoms with Gasteiger partial charge in [0.1, 0.15) is 11.5 Å². The summed E-state index contributed by atoms with van der Waals surface area (Å²) in [4.78, 5) is 20.9. The molecule has 0 radical (unpaired) electrons. The second-order valence-electron chi connectivity index (χ2n) is 6.34. The smallest absolute Gasteiger partial charge is 0.260 e. The first kappa shape index (κ1) is 18.2. The van der Waals surface area contributed by atoms with Gasteiger partial charge >= 0.3 is 0 Å². The van der Waals surface area contributed by atoms with E-state index in [0.29, 0.717) is 5.75 Å². The summed E-state index contributed by atoms with van der Waals surface area (Å²) in [7, 11) is 1.62. The fourth-order valence-corrected chi connectivity index (χ4v) is 3.04. The molecule has 3 rings (SSSR count). The summed E-state index contributed by atoms with van der Waals surface area (Å²) in [6.45, 7) is 4.29. The van der Waals surface area contributed by atoms with Gasteiger partial charge in [-0.05, 0) is 42.3 Å². The summed E-state index contributed by atoms with van der Waals surface area (Å²) in [5.41, 5.74) is 1.20. The molecule has 0 atom stereocenters. The van der Waals surface area contributed by atoms with Crippen LogP contribution in [0.5, 0.6) is 11.5 Å². The van der Waals surface area contributed by atoms with Crippen LogP contribution in [0.1, 0.15) is 12.0 Å². The highest BCUT2D eigenvalue weighted by Gasteiger charge is 2.19. The number of rotatable bonds is 6. The summed E-state index contributed by atoms with van der Waals surface area (Å²) < 4.78 is 10.7. The van der Waals surface area contributed by atoms with Crippen molar-refractivity contribution >= 4 is 5.91 Å². The highest BCUT2D eigenvalue weighted by atomic mass is 16.5. The third kappa shape index (κ3) is 5.20. The van der Waals surface area contributed by atoms with Crippen LogP contribution >= 0.6 is 0 Å². The molecule has 0 unspecified atom stereocenters. The SMILES string of the molecule is COc1ccc(OCC(=O)N2CCCN(Cc3cccnc3)CC2)cc1. The zero-order chi connectivity index (χ0) is 18.2. The number of hydrogen-bond acceptors (Lipinski definition) is 5. The fourth-order valence-electron chi connectivity index (χ4n) is 3.04. The maximum Gasteiger partial charge on any atom is 0.260 e. The van der Waals surface area contributed by atoms with E-state index in [2.05, 4.69) is 16.0 Å². The lowest BCUT2D eigenvalue weighted by Crippen LogP contribution is -2.38. The minimum Gasteiger partial charge on any atom is -0.497 e. The maximum absolute atomic E-state index is 12.5. The van der Waals surface area contributed by atoms with Crippen LogP contribution < -0.4 is 9.47 Å². The van der Waals surface area contributed by atoms with Gasteiger partial charge in [0, 0.05) is 45.1 Å². The van der Waals surface area contributed by atoms with Gasteiger partial charge in [0.15, 0.2) is 6.61 Å². The Kier molecular flexibility index (Phi) is 6.44. The number of pyridine rings is 1. The van der Waals surface area contributed by atoms with Crippen LogP contribution in [0.3, 0.4) is 0 Å². The number of carbonyl (C=O) groups is 1. The van der Waals surface area contributed by atoms with Crippen molar-refractivity contribution in [2.75, 3.05) is 39.9 Å². The van der Waals surface area contributed by atoms with E-state index in [0.717, 1.165) is 44.9 Å². The summed E-state index contributed by atoms with van der Waals surface area (Å²) in [5.74, 6) is 1.47.